The van der Waals surface area contributed by atoms with Crippen LogP contribution >= 0.6 is 0 Å². The van der Waals surface area contributed by atoms with Crippen molar-refractivity contribution in [3.63, 3.8) is 0 Å². The van der Waals surface area contributed by atoms with Gasteiger partial charge < -0.3 is 25.1 Å². The molecular weight excluding hydrogens is 174 g/mol. The fourth-order valence-corrected chi connectivity index (χ4v) is 1.35. The van der Waals surface area contributed by atoms with Crippen molar-refractivity contribution in [1.82, 2.24) is 0 Å². The van der Waals surface area contributed by atoms with E-state index >= 15 is 0 Å². The van der Waals surface area contributed by atoms with E-state index in [0.29, 0.717) is 0 Å². The van der Waals surface area contributed by atoms with Crippen LogP contribution < -0.4 is 0 Å². The van der Waals surface area contributed by atoms with Gasteiger partial charge in [0.15, 0.2) is 5.79 Å². The third-order valence-electron chi connectivity index (χ3n) is 1.89. The molecule has 5 heteroatoms. The van der Waals surface area contributed by atoms with E-state index in [9.17, 15) is 5.11 Å². The quantitative estimate of drug-likeness (QED) is 0.523. The van der Waals surface area contributed by atoms with E-state index in [1.807, 2.05) is 0 Å². The zero-order valence-electron chi connectivity index (χ0n) is 7.73. The average Bonchev–Trinajstić information content (AvgIpc) is 2.39. The highest BCUT2D eigenvalue weighted by Crippen LogP contribution is 2.28. The standard InChI is InChI=1S/C8H15NO4/c1-8(2)12-6(3-9)7(13-8)5(11)4-10/h3,5-7,9-11H,4H2,1-2H3/t5-,6-,7-/m1/s1. The molecule has 0 spiro atoms. The largest absolute Gasteiger partial charge is 0.394 e. The van der Waals surface area contributed by atoms with Crippen molar-refractivity contribution in [2.45, 2.75) is 37.9 Å². The van der Waals surface area contributed by atoms with E-state index in [1.54, 1.807) is 13.8 Å². The molecule has 0 radical (unpaired) electrons. The Bertz CT molecular complexity index is 195. The molecule has 1 saturated heterocycles. The Labute approximate surface area is 76.8 Å². The monoisotopic (exact) mass is 189 g/mol. The normalized spacial score (nSPS) is 34.5. The first-order valence-electron chi connectivity index (χ1n) is 4.15. The highest BCUT2D eigenvalue weighted by molar-refractivity contribution is 5.61. The van der Waals surface area contributed by atoms with Gasteiger partial charge in [-0.2, -0.15) is 0 Å². The molecule has 1 heterocycles. The summed E-state index contributed by atoms with van der Waals surface area (Å²) in [7, 11) is 0. The van der Waals surface area contributed by atoms with Gasteiger partial charge in [-0.3, -0.25) is 0 Å². The molecule has 76 valence electrons. The maximum absolute atomic E-state index is 9.33. The first kappa shape index (κ1) is 10.6. The summed E-state index contributed by atoms with van der Waals surface area (Å²) < 4.78 is 10.6. The summed E-state index contributed by atoms with van der Waals surface area (Å²) in [5.74, 6) is -0.803. The molecule has 0 aromatic carbocycles. The maximum Gasteiger partial charge on any atom is 0.164 e. The number of aliphatic hydroxyl groups is 2. The minimum Gasteiger partial charge on any atom is -0.394 e. The summed E-state index contributed by atoms with van der Waals surface area (Å²) in [6.07, 6.45) is -1.18. The van der Waals surface area contributed by atoms with Gasteiger partial charge in [-0.1, -0.05) is 0 Å². The van der Waals surface area contributed by atoms with Gasteiger partial charge in [0.05, 0.1) is 6.61 Å². The molecule has 1 aliphatic rings. The molecule has 1 aliphatic heterocycles. The van der Waals surface area contributed by atoms with Crippen LogP contribution in [0.5, 0.6) is 0 Å². The lowest BCUT2D eigenvalue weighted by Gasteiger charge is -2.19. The first-order chi connectivity index (χ1) is 6.00. The summed E-state index contributed by atoms with van der Waals surface area (Å²) in [4.78, 5) is 0. The molecule has 0 aromatic heterocycles. The number of hydrogen-bond acceptors (Lipinski definition) is 5. The summed E-state index contributed by atoms with van der Waals surface area (Å²) >= 11 is 0. The highest BCUT2D eigenvalue weighted by atomic mass is 16.8. The van der Waals surface area contributed by atoms with E-state index in [1.165, 1.54) is 0 Å². The summed E-state index contributed by atoms with van der Waals surface area (Å²) in [6, 6.07) is 0. The van der Waals surface area contributed by atoms with Crippen molar-refractivity contribution in [2.75, 3.05) is 6.61 Å². The molecule has 1 fully saturated rings. The van der Waals surface area contributed by atoms with E-state index in [2.05, 4.69) is 0 Å². The summed E-state index contributed by atoms with van der Waals surface area (Å²) in [5.41, 5.74) is 0. The van der Waals surface area contributed by atoms with Gasteiger partial charge in [0, 0.05) is 6.21 Å². The van der Waals surface area contributed by atoms with Crippen LogP contribution in [0.4, 0.5) is 0 Å². The second-order valence-electron chi connectivity index (χ2n) is 3.48. The molecule has 0 amide bonds. The fraction of sp³-hybridized carbons (Fsp3) is 0.875. The van der Waals surface area contributed by atoms with Crippen molar-refractivity contribution in [3.8, 4) is 0 Å². The molecule has 5 nitrogen and oxygen atoms in total. The average molecular weight is 189 g/mol. The Balaban J connectivity index is 2.68. The molecular formula is C8H15NO4. The third-order valence-corrected chi connectivity index (χ3v) is 1.89. The van der Waals surface area contributed by atoms with Crippen LogP contribution in [-0.4, -0.2) is 47.1 Å². The van der Waals surface area contributed by atoms with E-state index in [4.69, 9.17) is 20.0 Å². The number of nitrogens with one attached hydrogen (secondary N) is 1. The lowest BCUT2D eigenvalue weighted by molar-refractivity contribution is -0.155. The van der Waals surface area contributed by atoms with Crippen LogP contribution in [0.2, 0.25) is 0 Å². The molecule has 0 aliphatic carbocycles. The van der Waals surface area contributed by atoms with Crippen LogP contribution in [0.1, 0.15) is 13.8 Å². The van der Waals surface area contributed by atoms with Gasteiger partial charge in [0.1, 0.15) is 18.3 Å². The predicted molar refractivity (Wildman–Crippen MR) is 45.7 cm³/mol. The van der Waals surface area contributed by atoms with Crippen molar-refractivity contribution in [3.05, 3.63) is 0 Å². The Morgan fingerprint density at radius 2 is 2.15 bits per heavy atom. The maximum atomic E-state index is 9.33. The molecule has 0 bridgehead atoms. The first-order valence-corrected chi connectivity index (χ1v) is 4.15. The second kappa shape index (κ2) is 3.71. The fourth-order valence-electron chi connectivity index (χ4n) is 1.35. The van der Waals surface area contributed by atoms with E-state index in [0.717, 1.165) is 6.21 Å². The lowest BCUT2D eigenvalue weighted by atomic mass is 10.1. The zero-order chi connectivity index (χ0) is 10.1. The van der Waals surface area contributed by atoms with Gasteiger partial charge in [0.25, 0.3) is 0 Å². The van der Waals surface area contributed by atoms with Crippen LogP contribution in [0.25, 0.3) is 0 Å². The smallest absolute Gasteiger partial charge is 0.164 e. The van der Waals surface area contributed by atoms with Crippen LogP contribution in [0.15, 0.2) is 0 Å². The third kappa shape index (κ3) is 2.25. The van der Waals surface area contributed by atoms with Gasteiger partial charge in [-0.05, 0) is 13.8 Å². The predicted octanol–water partition coefficient (Wildman–Crippen LogP) is -0.491. The Hall–Kier alpha value is -0.490. The number of aliphatic hydroxyl groups excluding tert-OH is 2. The van der Waals surface area contributed by atoms with Crippen LogP contribution in [-0.2, 0) is 9.47 Å². The van der Waals surface area contributed by atoms with Crippen molar-refractivity contribution in [1.29, 1.82) is 5.41 Å². The molecule has 3 atom stereocenters. The van der Waals surface area contributed by atoms with Crippen molar-refractivity contribution < 1.29 is 19.7 Å². The highest BCUT2D eigenvalue weighted by Gasteiger charge is 2.43. The molecule has 0 saturated carbocycles. The van der Waals surface area contributed by atoms with E-state index < -0.39 is 30.7 Å². The molecule has 0 unspecified atom stereocenters. The molecule has 0 aromatic rings. The second-order valence-corrected chi connectivity index (χ2v) is 3.48. The van der Waals surface area contributed by atoms with Crippen LogP contribution in [0, 0.1) is 5.41 Å². The molecule has 1 rings (SSSR count). The molecule has 3 N–H and O–H groups in total. The molecule has 13 heavy (non-hydrogen) atoms. The van der Waals surface area contributed by atoms with Gasteiger partial charge in [-0.15, -0.1) is 0 Å². The minimum absolute atomic E-state index is 0.394. The van der Waals surface area contributed by atoms with Gasteiger partial charge in [-0.25, -0.2) is 0 Å². The van der Waals surface area contributed by atoms with Crippen molar-refractivity contribution >= 4 is 6.21 Å². The summed E-state index contributed by atoms with van der Waals surface area (Å²) in [6.45, 7) is 3.01. The summed E-state index contributed by atoms with van der Waals surface area (Å²) in [5, 5.41) is 25.1. The lowest BCUT2D eigenvalue weighted by Crippen LogP contribution is -2.38. The Morgan fingerprint density at radius 3 is 2.62 bits per heavy atom. The zero-order valence-corrected chi connectivity index (χ0v) is 7.73. The van der Waals surface area contributed by atoms with Gasteiger partial charge in [0.2, 0.25) is 0 Å². The van der Waals surface area contributed by atoms with Gasteiger partial charge >= 0.3 is 0 Å². The SMILES string of the molecule is CC1(C)O[C@H]([C@H](O)CO)[C@@H](C=N)O1. The topological polar surface area (TPSA) is 82.8 Å². The Morgan fingerprint density at radius 1 is 1.54 bits per heavy atom. The number of hydrogen-bond donors (Lipinski definition) is 3. The van der Waals surface area contributed by atoms with Crippen LogP contribution in [0.3, 0.4) is 0 Å². The Kier molecular flexibility index (Phi) is 3.02. The number of rotatable bonds is 3. The number of ether oxygens (including phenoxy) is 2. The minimum atomic E-state index is -1.01. The van der Waals surface area contributed by atoms with E-state index in [-0.39, 0.29) is 0 Å². The van der Waals surface area contributed by atoms with Crippen molar-refractivity contribution in [2.24, 2.45) is 0 Å².